The van der Waals surface area contributed by atoms with Gasteiger partial charge in [0, 0.05) is 43.6 Å². The monoisotopic (exact) mass is 440 g/mol. The van der Waals surface area contributed by atoms with Gasteiger partial charge < -0.3 is 29.9 Å². The highest BCUT2D eigenvalue weighted by Crippen LogP contribution is 2.26. The minimum Gasteiger partial charge on any atom is -0.497 e. The fourth-order valence-corrected chi connectivity index (χ4v) is 2.91. The number of methoxy groups -OCH3 is 2. The van der Waals surface area contributed by atoms with Gasteiger partial charge in [0.1, 0.15) is 17.4 Å². The van der Waals surface area contributed by atoms with Crippen molar-refractivity contribution in [2.24, 2.45) is 0 Å². The summed E-state index contributed by atoms with van der Waals surface area (Å²) in [6, 6.07) is 14.0. The first kappa shape index (κ1) is 23.1. The Morgan fingerprint density at radius 3 is 2.19 bits per heavy atom. The van der Waals surface area contributed by atoms with Crippen LogP contribution in [-0.2, 0) is 0 Å². The largest absolute Gasteiger partial charge is 0.497 e. The number of nitrogens with zero attached hydrogens (tertiary/aromatic N) is 4. The Hall–Kier alpha value is -3.59. The van der Waals surface area contributed by atoms with Crippen molar-refractivity contribution in [3.8, 4) is 11.5 Å². The van der Waals surface area contributed by atoms with Gasteiger partial charge >= 0.3 is 0 Å². The van der Waals surface area contributed by atoms with E-state index < -0.39 is 5.82 Å². The summed E-state index contributed by atoms with van der Waals surface area (Å²) in [4.78, 5) is 13.4. The molecule has 0 bridgehead atoms. The number of hydrogen-bond acceptors (Lipinski definition) is 8. The predicted molar refractivity (Wildman–Crippen MR) is 126 cm³/mol. The molecular formula is C23H29FN6O2. The molecule has 9 heteroatoms. The molecule has 0 unspecified atom stereocenters. The van der Waals surface area contributed by atoms with Gasteiger partial charge in [-0.1, -0.05) is 0 Å². The zero-order valence-corrected chi connectivity index (χ0v) is 19.0. The number of benzene rings is 2. The van der Waals surface area contributed by atoms with E-state index in [1.807, 2.05) is 56.4 Å². The summed E-state index contributed by atoms with van der Waals surface area (Å²) in [6.07, 6.45) is 0. The molecule has 0 fully saturated rings. The second kappa shape index (κ2) is 10.6. The number of likely N-dealkylation sites (N-methyl/N-ethyl adjacent to an activating group) is 2. The maximum atomic E-state index is 14.1. The molecule has 8 nitrogen and oxygen atoms in total. The van der Waals surface area contributed by atoms with E-state index in [2.05, 4.69) is 25.5 Å². The minimum absolute atomic E-state index is 0.184. The van der Waals surface area contributed by atoms with Crippen LogP contribution in [0.2, 0.25) is 0 Å². The fourth-order valence-electron chi connectivity index (χ4n) is 2.91. The van der Waals surface area contributed by atoms with Crippen molar-refractivity contribution in [3.05, 3.63) is 54.3 Å². The fraction of sp³-hybridized carbons (Fsp3) is 0.304. The molecule has 0 aliphatic carbocycles. The molecule has 0 saturated heterocycles. The van der Waals surface area contributed by atoms with Crippen LogP contribution in [0.3, 0.4) is 0 Å². The lowest BCUT2D eigenvalue weighted by atomic mass is 10.3. The maximum Gasteiger partial charge on any atom is 0.231 e. The second-order valence-electron chi connectivity index (χ2n) is 7.49. The average Bonchev–Trinajstić information content (AvgIpc) is 2.78. The van der Waals surface area contributed by atoms with E-state index in [1.54, 1.807) is 19.2 Å². The Bertz CT molecular complexity index is 1030. The van der Waals surface area contributed by atoms with Gasteiger partial charge in [-0.3, -0.25) is 0 Å². The average molecular weight is 441 g/mol. The third-order valence-electron chi connectivity index (χ3n) is 4.76. The van der Waals surface area contributed by atoms with Crippen LogP contribution in [0.15, 0.2) is 48.5 Å². The lowest BCUT2D eigenvalue weighted by molar-refractivity contribution is 0.386. The number of halogens is 1. The second-order valence-corrected chi connectivity index (χ2v) is 7.49. The summed E-state index contributed by atoms with van der Waals surface area (Å²) in [6.45, 7) is 1.65. The van der Waals surface area contributed by atoms with Crippen LogP contribution in [0.4, 0.5) is 33.3 Å². The summed E-state index contributed by atoms with van der Waals surface area (Å²) in [7, 11) is 9.08. The van der Waals surface area contributed by atoms with Gasteiger partial charge in [-0.2, -0.15) is 9.97 Å². The van der Waals surface area contributed by atoms with Gasteiger partial charge in [-0.25, -0.2) is 4.39 Å². The van der Waals surface area contributed by atoms with Gasteiger partial charge in [0.2, 0.25) is 5.95 Å². The zero-order chi connectivity index (χ0) is 23.1. The highest BCUT2D eigenvalue weighted by Gasteiger charge is 2.11. The first-order chi connectivity index (χ1) is 15.4. The van der Waals surface area contributed by atoms with Crippen LogP contribution in [0, 0.1) is 5.82 Å². The SMILES string of the molecule is COc1ccc(Nc2nc(Nc3ccc(OC)c(F)c3)cc(N(C)CCN(C)C)n2)cc1. The molecule has 2 aromatic carbocycles. The Morgan fingerprint density at radius 1 is 0.844 bits per heavy atom. The first-order valence-corrected chi connectivity index (χ1v) is 10.1. The summed E-state index contributed by atoms with van der Waals surface area (Å²) in [5, 5.41) is 6.38. The van der Waals surface area contributed by atoms with Crippen LogP contribution < -0.4 is 25.0 Å². The van der Waals surface area contributed by atoms with Gasteiger partial charge in [-0.05, 0) is 50.5 Å². The third-order valence-corrected chi connectivity index (χ3v) is 4.76. The number of aromatic nitrogens is 2. The van der Waals surface area contributed by atoms with Crippen molar-refractivity contribution >= 4 is 29.0 Å². The van der Waals surface area contributed by atoms with Gasteiger partial charge in [0.25, 0.3) is 0 Å². The van der Waals surface area contributed by atoms with Crippen molar-refractivity contribution in [1.82, 2.24) is 14.9 Å². The van der Waals surface area contributed by atoms with Crippen LogP contribution in [-0.4, -0.2) is 63.3 Å². The Balaban J connectivity index is 1.89. The number of nitrogens with one attached hydrogen (secondary N) is 2. The Kier molecular flexibility index (Phi) is 7.67. The molecule has 2 N–H and O–H groups in total. The summed E-state index contributed by atoms with van der Waals surface area (Å²) < 4.78 is 24.3. The van der Waals surface area contributed by atoms with E-state index in [0.29, 0.717) is 17.5 Å². The normalized spacial score (nSPS) is 10.7. The number of hydrogen-bond donors (Lipinski definition) is 2. The third kappa shape index (κ3) is 6.21. The van der Waals surface area contributed by atoms with E-state index in [-0.39, 0.29) is 5.75 Å². The van der Waals surface area contributed by atoms with Crippen molar-refractivity contribution < 1.29 is 13.9 Å². The lowest BCUT2D eigenvalue weighted by Gasteiger charge is -2.22. The number of anilines is 5. The molecule has 1 aromatic heterocycles. The van der Waals surface area contributed by atoms with E-state index in [0.717, 1.165) is 30.3 Å². The molecule has 0 radical (unpaired) electrons. The smallest absolute Gasteiger partial charge is 0.231 e. The van der Waals surface area contributed by atoms with Crippen molar-refractivity contribution in [1.29, 1.82) is 0 Å². The predicted octanol–water partition coefficient (Wildman–Crippen LogP) is 4.12. The molecule has 0 atom stereocenters. The lowest BCUT2D eigenvalue weighted by Crippen LogP contribution is -2.29. The van der Waals surface area contributed by atoms with Crippen LogP contribution in [0.5, 0.6) is 11.5 Å². The molecule has 0 amide bonds. The van der Waals surface area contributed by atoms with Gasteiger partial charge in [-0.15, -0.1) is 0 Å². The quantitative estimate of drug-likeness (QED) is 0.488. The minimum atomic E-state index is -0.452. The number of ether oxygens (including phenoxy) is 2. The molecule has 1 heterocycles. The first-order valence-electron chi connectivity index (χ1n) is 10.1. The highest BCUT2D eigenvalue weighted by atomic mass is 19.1. The molecule has 170 valence electrons. The summed E-state index contributed by atoms with van der Waals surface area (Å²) in [5.41, 5.74) is 1.37. The molecular weight excluding hydrogens is 411 g/mol. The van der Waals surface area contributed by atoms with Crippen molar-refractivity contribution in [2.75, 3.05) is 64.0 Å². The highest BCUT2D eigenvalue weighted by molar-refractivity contribution is 5.64. The van der Waals surface area contributed by atoms with Crippen LogP contribution in [0.25, 0.3) is 0 Å². The van der Waals surface area contributed by atoms with Crippen molar-refractivity contribution in [3.63, 3.8) is 0 Å². The molecule has 32 heavy (non-hydrogen) atoms. The molecule has 0 spiro atoms. The Morgan fingerprint density at radius 2 is 1.56 bits per heavy atom. The molecule has 0 aliphatic heterocycles. The van der Waals surface area contributed by atoms with E-state index >= 15 is 0 Å². The molecule has 0 saturated carbocycles. The van der Waals surface area contributed by atoms with Gasteiger partial charge in [0.15, 0.2) is 11.6 Å². The Labute approximate surface area is 188 Å². The summed E-state index contributed by atoms with van der Waals surface area (Å²) in [5.74, 6) is 2.18. The van der Waals surface area contributed by atoms with E-state index in [1.165, 1.54) is 13.2 Å². The van der Waals surface area contributed by atoms with Crippen LogP contribution >= 0.6 is 0 Å². The van der Waals surface area contributed by atoms with E-state index in [9.17, 15) is 4.39 Å². The molecule has 3 rings (SSSR count). The standard InChI is InChI=1S/C23H29FN6O2/c1-29(2)12-13-30(3)22-15-21(25-17-8-11-20(32-5)19(24)14-17)27-23(28-22)26-16-6-9-18(31-4)10-7-16/h6-11,14-15H,12-13H2,1-5H3,(H2,25,26,27,28). The molecule has 3 aromatic rings. The zero-order valence-electron chi connectivity index (χ0n) is 19.0. The maximum absolute atomic E-state index is 14.1. The number of rotatable bonds is 10. The summed E-state index contributed by atoms with van der Waals surface area (Å²) >= 11 is 0. The van der Waals surface area contributed by atoms with E-state index in [4.69, 9.17) is 9.47 Å². The molecule has 0 aliphatic rings. The van der Waals surface area contributed by atoms with Crippen LogP contribution in [0.1, 0.15) is 0 Å². The van der Waals surface area contributed by atoms with Gasteiger partial charge in [0.05, 0.1) is 14.2 Å². The van der Waals surface area contributed by atoms with Crippen molar-refractivity contribution in [2.45, 2.75) is 0 Å². The topological polar surface area (TPSA) is 74.8 Å².